The van der Waals surface area contributed by atoms with Gasteiger partial charge in [0.25, 0.3) is 0 Å². The number of nitrogens with one attached hydrogen (secondary N) is 1. The lowest BCUT2D eigenvalue weighted by atomic mass is 9.98. The molecule has 1 aromatic rings. The predicted octanol–water partition coefficient (Wildman–Crippen LogP) is 1.76. The van der Waals surface area contributed by atoms with Crippen molar-refractivity contribution >= 4 is 0 Å². The summed E-state index contributed by atoms with van der Waals surface area (Å²) in [6.45, 7) is 3.47. The Hall–Kier alpha value is -0.820. The second kappa shape index (κ2) is 2.67. The van der Waals surface area contributed by atoms with Crippen LogP contribution in [-0.2, 0) is 0 Å². The minimum Gasteiger partial charge on any atom is -0.311 e. The molecule has 2 unspecified atom stereocenters. The molecule has 1 N–H and O–H groups in total. The fraction of sp³-hybridized carbons (Fsp3) is 0.400. The molecule has 0 bridgehead atoms. The van der Waals surface area contributed by atoms with Crippen LogP contribution in [0, 0.1) is 0 Å². The molecule has 0 amide bonds. The van der Waals surface area contributed by atoms with Gasteiger partial charge in [-0.2, -0.15) is 0 Å². The average molecular weight is 147 g/mol. The molecule has 1 saturated heterocycles. The molecule has 11 heavy (non-hydrogen) atoms. The van der Waals surface area contributed by atoms with E-state index in [1.54, 1.807) is 0 Å². The lowest BCUT2D eigenvalue weighted by Crippen LogP contribution is -2.03. The first-order valence-corrected chi connectivity index (χ1v) is 4.16. The highest BCUT2D eigenvalue weighted by Crippen LogP contribution is 2.23. The third-order valence-electron chi connectivity index (χ3n) is 2.37. The van der Waals surface area contributed by atoms with Gasteiger partial charge in [0.1, 0.15) is 0 Å². The zero-order valence-corrected chi connectivity index (χ0v) is 6.75. The molecule has 2 rings (SSSR count). The average Bonchev–Trinajstić information content (AvgIpc) is 2.87. The van der Waals surface area contributed by atoms with Gasteiger partial charge in [-0.15, -0.1) is 0 Å². The fourth-order valence-electron chi connectivity index (χ4n) is 1.41. The highest BCUT2D eigenvalue weighted by molar-refractivity contribution is 5.22. The van der Waals surface area contributed by atoms with Crippen molar-refractivity contribution in [2.24, 2.45) is 0 Å². The Bertz CT molecular complexity index is 226. The summed E-state index contributed by atoms with van der Waals surface area (Å²) < 4.78 is 0. The van der Waals surface area contributed by atoms with Crippen LogP contribution < -0.4 is 5.32 Å². The van der Waals surface area contributed by atoms with E-state index in [1.165, 1.54) is 12.1 Å². The minimum atomic E-state index is 0.677. The van der Waals surface area contributed by atoms with Crippen molar-refractivity contribution in [3.63, 3.8) is 0 Å². The van der Waals surface area contributed by atoms with Gasteiger partial charge in [-0.05, 0) is 11.5 Å². The second-order valence-corrected chi connectivity index (χ2v) is 3.21. The molecule has 1 aromatic carbocycles. The standard InChI is InChI=1S/C10H13N/c1-8(10-7-11-10)9-5-3-2-4-6-9/h2-6,8,10-11H,7H2,1H3. The summed E-state index contributed by atoms with van der Waals surface area (Å²) in [5.41, 5.74) is 1.45. The quantitative estimate of drug-likeness (QED) is 0.632. The molecule has 2 atom stereocenters. The molecule has 1 nitrogen and oxygen atoms in total. The third kappa shape index (κ3) is 1.43. The van der Waals surface area contributed by atoms with Gasteiger partial charge in [0, 0.05) is 12.6 Å². The number of hydrogen-bond donors (Lipinski definition) is 1. The maximum absolute atomic E-state index is 3.33. The Kier molecular flexibility index (Phi) is 1.66. The molecule has 1 aliphatic rings. The summed E-state index contributed by atoms with van der Waals surface area (Å²) in [5, 5.41) is 3.33. The van der Waals surface area contributed by atoms with E-state index < -0.39 is 0 Å². The van der Waals surface area contributed by atoms with Gasteiger partial charge in [-0.1, -0.05) is 37.3 Å². The van der Waals surface area contributed by atoms with Crippen molar-refractivity contribution in [3.05, 3.63) is 35.9 Å². The molecule has 1 heterocycles. The van der Waals surface area contributed by atoms with Crippen LogP contribution in [-0.4, -0.2) is 12.6 Å². The molecule has 0 aliphatic carbocycles. The molecular weight excluding hydrogens is 134 g/mol. The second-order valence-electron chi connectivity index (χ2n) is 3.21. The monoisotopic (exact) mass is 147 g/mol. The topological polar surface area (TPSA) is 21.9 Å². The molecule has 58 valence electrons. The van der Waals surface area contributed by atoms with Crippen molar-refractivity contribution in [1.82, 2.24) is 5.32 Å². The Morgan fingerprint density at radius 2 is 2.00 bits per heavy atom. The van der Waals surface area contributed by atoms with Crippen LogP contribution in [0.1, 0.15) is 18.4 Å². The maximum Gasteiger partial charge on any atom is 0.0259 e. The summed E-state index contributed by atoms with van der Waals surface area (Å²) in [4.78, 5) is 0. The van der Waals surface area contributed by atoms with Gasteiger partial charge in [0.2, 0.25) is 0 Å². The van der Waals surface area contributed by atoms with Crippen LogP contribution in [0.4, 0.5) is 0 Å². The first-order valence-electron chi connectivity index (χ1n) is 4.16. The van der Waals surface area contributed by atoms with E-state index in [1.807, 2.05) is 0 Å². The van der Waals surface area contributed by atoms with Gasteiger partial charge < -0.3 is 5.32 Å². The molecule has 0 radical (unpaired) electrons. The summed E-state index contributed by atoms with van der Waals surface area (Å²) in [6, 6.07) is 11.4. The van der Waals surface area contributed by atoms with E-state index in [-0.39, 0.29) is 0 Å². The van der Waals surface area contributed by atoms with E-state index in [0.717, 1.165) is 6.04 Å². The van der Waals surface area contributed by atoms with E-state index >= 15 is 0 Å². The molecule has 1 fully saturated rings. The van der Waals surface area contributed by atoms with E-state index in [0.29, 0.717) is 5.92 Å². The number of hydrogen-bond acceptors (Lipinski definition) is 1. The van der Waals surface area contributed by atoms with Crippen LogP contribution >= 0.6 is 0 Å². The van der Waals surface area contributed by atoms with Crippen LogP contribution in [0.3, 0.4) is 0 Å². The SMILES string of the molecule is CC(c1ccccc1)C1CN1. The largest absolute Gasteiger partial charge is 0.311 e. The predicted molar refractivity (Wildman–Crippen MR) is 46.6 cm³/mol. The van der Waals surface area contributed by atoms with Crippen molar-refractivity contribution in [2.75, 3.05) is 6.54 Å². The van der Waals surface area contributed by atoms with Crippen molar-refractivity contribution in [2.45, 2.75) is 18.9 Å². The highest BCUT2D eigenvalue weighted by atomic mass is 15.1. The number of rotatable bonds is 2. The summed E-state index contributed by atoms with van der Waals surface area (Å²) in [5.74, 6) is 0.677. The van der Waals surface area contributed by atoms with Crippen molar-refractivity contribution < 1.29 is 0 Å². The summed E-state index contributed by atoms with van der Waals surface area (Å²) in [6.07, 6.45) is 0. The first kappa shape index (κ1) is 6.86. The van der Waals surface area contributed by atoms with Crippen LogP contribution in [0.25, 0.3) is 0 Å². The number of benzene rings is 1. The minimum absolute atomic E-state index is 0.677. The molecule has 1 aliphatic heterocycles. The molecule has 0 aromatic heterocycles. The Morgan fingerprint density at radius 3 is 2.55 bits per heavy atom. The van der Waals surface area contributed by atoms with Gasteiger partial charge in [0.05, 0.1) is 0 Å². The van der Waals surface area contributed by atoms with Crippen LogP contribution in [0.2, 0.25) is 0 Å². The van der Waals surface area contributed by atoms with Gasteiger partial charge >= 0.3 is 0 Å². The Balaban J connectivity index is 2.15. The van der Waals surface area contributed by atoms with Crippen LogP contribution in [0.15, 0.2) is 30.3 Å². The van der Waals surface area contributed by atoms with Gasteiger partial charge in [-0.3, -0.25) is 0 Å². The van der Waals surface area contributed by atoms with Gasteiger partial charge in [-0.25, -0.2) is 0 Å². The maximum atomic E-state index is 3.33. The van der Waals surface area contributed by atoms with Crippen molar-refractivity contribution in [3.8, 4) is 0 Å². The van der Waals surface area contributed by atoms with E-state index in [2.05, 4.69) is 42.6 Å². The zero-order valence-electron chi connectivity index (χ0n) is 6.75. The molecular formula is C10H13N. The fourth-order valence-corrected chi connectivity index (χ4v) is 1.41. The molecule has 0 saturated carbocycles. The normalized spacial score (nSPS) is 24.6. The summed E-state index contributed by atoms with van der Waals surface area (Å²) in [7, 11) is 0. The molecule has 1 heteroatoms. The van der Waals surface area contributed by atoms with Crippen molar-refractivity contribution in [1.29, 1.82) is 0 Å². The summed E-state index contributed by atoms with van der Waals surface area (Å²) >= 11 is 0. The van der Waals surface area contributed by atoms with Gasteiger partial charge in [0.15, 0.2) is 0 Å². The lowest BCUT2D eigenvalue weighted by Gasteiger charge is -2.07. The Morgan fingerprint density at radius 1 is 1.36 bits per heavy atom. The first-order chi connectivity index (χ1) is 5.38. The lowest BCUT2D eigenvalue weighted by molar-refractivity contribution is 0.741. The highest BCUT2D eigenvalue weighted by Gasteiger charge is 2.27. The molecule has 0 spiro atoms. The van der Waals surface area contributed by atoms with E-state index in [9.17, 15) is 0 Å². The third-order valence-corrected chi connectivity index (χ3v) is 2.37. The van der Waals surface area contributed by atoms with E-state index in [4.69, 9.17) is 0 Å². The van der Waals surface area contributed by atoms with Crippen LogP contribution in [0.5, 0.6) is 0 Å². The Labute approximate surface area is 67.4 Å². The smallest absolute Gasteiger partial charge is 0.0259 e. The zero-order chi connectivity index (χ0) is 7.68.